The van der Waals surface area contributed by atoms with Crippen molar-refractivity contribution in [1.29, 1.82) is 5.26 Å². The zero-order chi connectivity index (χ0) is 15.9. The van der Waals surface area contributed by atoms with E-state index in [0.29, 0.717) is 23.9 Å². The van der Waals surface area contributed by atoms with Gasteiger partial charge in [0.15, 0.2) is 5.96 Å². The summed E-state index contributed by atoms with van der Waals surface area (Å²) in [6.45, 7) is 3.84. The number of hydrogen-bond acceptors (Lipinski definition) is 4. The van der Waals surface area contributed by atoms with Crippen molar-refractivity contribution >= 4 is 11.9 Å². The molecule has 1 aromatic rings. The van der Waals surface area contributed by atoms with Crippen LogP contribution in [0.3, 0.4) is 0 Å². The first-order valence-corrected chi connectivity index (χ1v) is 7.59. The monoisotopic (exact) mass is 296 g/mol. The highest BCUT2D eigenvalue weighted by atomic mass is 16.2. The molecule has 0 spiro atoms. The summed E-state index contributed by atoms with van der Waals surface area (Å²) in [7, 11) is 0. The van der Waals surface area contributed by atoms with Crippen LogP contribution in [-0.4, -0.2) is 22.3 Å². The number of nitrogens with two attached hydrogens (primary N) is 1. The van der Waals surface area contributed by atoms with Gasteiger partial charge in [-0.05, 0) is 50.3 Å². The third-order valence-corrected chi connectivity index (χ3v) is 4.24. The summed E-state index contributed by atoms with van der Waals surface area (Å²) in [5, 5.41) is 8.93. The first-order valence-electron chi connectivity index (χ1n) is 7.59. The maximum atomic E-state index is 12.6. The van der Waals surface area contributed by atoms with Crippen LogP contribution in [0, 0.1) is 17.2 Å². The molecule has 0 saturated heterocycles. The summed E-state index contributed by atoms with van der Waals surface area (Å²) in [5.74, 6) is 0.758. The second kappa shape index (κ2) is 5.13. The van der Waals surface area contributed by atoms with Crippen molar-refractivity contribution < 1.29 is 4.79 Å². The largest absolute Gasteiger partial charge is 0.369 e. The molecule has 0 radical (unpaired) electrons. The van der Waals surface area contributed by atoms with Crippen LogP contribution in [0.2, 0.25) is 0 Å². The molecule has 22 heavy (non-hydrogen) atoms. The standard InChI is InChI=1S/C17H20N4O/c1-17(2)9-14(22)21(16(19)20-17)15(13-7-8-13)12-5-3-11(10-18)4-6-12/h3-6,13,15H,7-9H2,1-2H3,(H2,19,20)/t15-/m0/s1. The van der Waals surface area contributed by atoms with E-state index in [1.54, 1.807) is 17.0 Å². The molecular formula is C17H20N4O. The van der Waals surface area contributed by atoms with Crippen LogP contribution in [0.25, 0.3) is 0 Å². The molecule has 5 heteroatoms. The van der Waals surface area contributed by atoms with Crippen molar-refractivity contribution in [2.75, 3.05) is 0 Å². The normalized spacial score (nSPS) is 22.0. The van der Waals surface area contributed by atoms with Gasteiger partial charge >= 0.3 is 0 Å². The molecule has 1 aliphatic carbocycles. The summed E-state index contributed by atoms with van der Waals surface area (Å²) in [5.41, 5.74) is 7.31. The summed E-state index contributed by atoms with van der Waals surface area (Å²) in [6.07, 6.45) is 2.55. The van der Waals surface area contributed by atoms with E-state index in [4.69, 9.17) is 11.0 Å². The van der Waals surface area contributed by atoms with Crippen molar-refractivity contribution in [2.24, 2.45) is 16.6 Å². The first-order chi connectivity index (χ1) is 10.4. The highest BCUT2D eigenvalue weighted by molar-refractivity contribution is 5.99. The molecule has 114 valence electrons. The lowest BCUT2D eigenvalue weighted by molar-refractivity contribution is -0.131. The van der Waals surface area contributed by atoms with E-state index in [1.807, 2.05) is 26.0 Å². The van der Waals surface area contributed by atoms with Gasteiger partial charge in [-0.2, -0.15) is 5.26 Å². The Bertz CT molecular complexity index is 665. The van der Waals surface area contributed by atoms with Gasteiger partial charge in [0.1, 0.15) is 0 Å². The molecule has 3 rings (SSSR count). The number of benzene rings is 1. The summed E-state index contributed by atoms with van der Waals surface area (Å²) < 4.78 is 0. The van der Waals surface area contributed by atoms with Gasteiger partial charge in [0.25, 0.3) is 0 Å². The third kappa shape index (κ3) is 2.69. The number of nitrogens with zero attached hydrogens (tertiary/aromatic N) is 3. The van der Waals surface area contributed by atoms with Crippen LogP contribution in [-0.2, 0) is 4.79 Å². The van der Waals surface area contributed by atoms with Gasteiger partial charge in [0.2, 0.25) is 5.91 Å². The van der Waals surface area contributed by atoms with Gasteiger partial charge in [-0.1, -0.05) is 12.1 Å². The first kappa shape index (κ1) is 14.6. The van der Waals surface area contributed by atoms with E-state index < -0.39 is 5.54 Å². The Hall–Kier alpha value is -2.35. The Morgan fingerprint density at radius 3 is 2.50 bits per heavy atom. The Morgan fingerprint density at radius 2 is 2.00 bits per heavy atom. The minimum Gasteiger partial charge on any atom is -0.369 e. The zero-order valence-corrected chi connectivity index (χ0v) is 12.9. The van der Waals surface area contributed by atoms with Crippen LogP contribution in [0.4, 0.5) is 0 Å². The Balaban J connectivity index is 1.98. The Morgan fingerprint density at radius 1 is 1.36 bits per heavy atom. The van der Waals surface area contributed by atoms with E-state index in [-0.39, 0.29) is 11.9 Å². The van der Waals surface area contributed by atoms with E-state index in [0.717, 1.165) is 18.4 Å². The van der Waals surface area contributed by atoms with E-state index in [9.17, 15) is 4.79 Å². The van der Waals surface area contributed by atoms with Crippen molar-refractivity contribution in [3.8, 4) is 6.07 Å². The second-order valence-electron chi connectivity index (χ2n) is 6.74. The van der Waals surface area contributed by atoms with Crippen LogP contribution in [0.1, 0.15) is 50.3 Å². The fourth-order valence-electron chi connectivity index (χ4n) is 3.08. The lowest BCUT2D eigenvalue weighted by Crippen LogP contribution is -2.51. The average molecular weight is 296 g/mol. The molecule has 2 N–H and O–H groups in total. The number of aliphatic imine (C=N–C) groups is 1. The quantitative estimate of drug-likeness (QED) is 0.929. The number of hydrogen-bond donors (Lipinski definition) is 1. The molecule has 1 atom stereocenters. The maximum Gasteiger partial charge on any atom is 0.232 e. The fraction of sp³-hybridized carbons (Fsp3) is 0.471. The molecule has 1 aromatic carbocycles. The third-order valence-electron chi connectivity index (χ3n) is 4.24. The van der Waals surface area contributed by atoms with Crippen LogP contribution in [0.5, 0.6) is 0 Å². The number of carbonyl (C=O) groups is 1. The molecule has 1 saturated carbocycles. The minimum absolute atomic E-state index is 0.0266. The van der Waals surface area contributed by atoms with Crippen molar-refractivity contribution in [1.82, 2.24) is 4.90 Å². The van der Waals surface area contributed by atoms with Crippen molar-refractivity contribution in [3.63, 3.8) is 0 Å². The molecule has 1 aliphatic heterocycles. The second-order valence-corrected chi connectivity index (χ2v) is 6.74. The van der Waals surface area contributed by atoms with Crippen LogP contribution >= 0.6 is 0 Å². The van der Waals surface area contributed by atoms with Gasteiger partial charge in [-0.3, -0.25) is 9.69 Å². The molecule has 1 heterocycles. The molecular weight excluding hydrogens is 276 g/mol. The van der Waals surface area contributed by atoms with Crippen molar-refractivity contribution in [3.05, 3.63) is 35.4 Å². The van der Waals surface area contributed by atoms with Gasteiger partial charge in [-0.15, -0.1) is 0 Å². The van der Waals surface area contributed by atoms with E-state index in [1.165, 1.54) is 0 Å². The van der Waals surface area contributed by atoms with E-state index in [2.05, 4.69) is 11.1 Å². The Kier molecular flexibility index (Phi) is 3.40. The summed E-state index contributed by atoms with van der Waals surface area (Å²) >= 11 is 0. The van der Waals surface area contributed by atoms with Crippen molar-refractivity contribution in [2.45, 2.75) is 44.7 Å². The predicted octanol–water partition coefficient (Wildman–Crippen LogP) is 2.33. The smallest absolute Gasteiger partial charge is 0.232 e. The highest BCUT2D eigenvalue weighted by Gasteiger charge is 2.43. The SMILES string of the molecule is CC1(C)CC(=O)N([C@@H](c2ccc(C#N)cc2)C2CC2)C(N)=N1. The van der Waals surface area contributed by atoms with Gasteiger partial charge in [0, 0.05) is 0 Å². The fourth-order valence-corrected chi connectivity index (χ4v) is 3.08. The minimum atomic E-state index is -0.434. The zero-order valence-electron chi connectivity index (χ0n) is 12.9. The molecule has 1 amide bonds. The lowest BCUT2D eigenvalue weighted by Gasteiger charge is -2.38. The lowest BCUT2D eigenvalue weighted by atomic mass is 9.94. The van der Waals surface area contributed by atoms with Gasteiger partial charge in [0.05, 0.1) is 29.6 Å². The number of carbonyl (C=O) groups excluding carboxylic acids is 1. The number of nitriles is 1. The molecule has 0 bridgehead atoms. The topological polar surface area (TPSA) is 82.5 Å². The number of guanidine groups is 1. The van der Waals surface area contributed by atoms with E-state index >= 15 is 0 Å². The van der Waals surface area contributed by atoms with Gasteiger partial charge in [-0.25, -0.2) is 4.99 Å². The molecule has 0 unspecified atom stereocenters. The summed E-state index contributed by atoms with van der Waals surface area (Å²) in [4.78, 5) is 18.7. The van der Waals surface area contributed by atoms with Crippen LogP contribution in [0.15, 0.2) is 29.3 Å². The number of rotatable bonds is 3. The molecule has 2 aliphatic rings. The Labute approximate surface area is 130 Å². The average Bonchev–Trinajstić information content (AvgIpc) is 3.26. The highest BCUT2D eigenvalue weighted by Crippen LogP contribution is 2.45. The van der Waals surface area contributed by atoms with Crippen LogP contribution < -0.4 is 5.73 Å². The molecule has 0 aromatic heterocycles. The summed E-state index contributed by atoms with van der Waals surface area (Å²) in [6, 6.07) is 9.46. The molecule has 5 nitrogen and oxygen atoms in total. The maximum absolute atomic E-state index is 12.6. The molecule has 1 fully saturated rings. The van der Waals surface area contributed by atoms with Gasteiger partial charge < -0.3 is 5.73 Å². The predicted molar refractivity (Wildman–Crippen MR) is 83.8 cm³/mol. The number of amides is 1.